The summed E-state index contributed by atoms with van der Waals surface area (Å²) < 4.78 is 26.6. The first kappa shape index (κ1) is 12.3. The maximum atomic E-state index is 12.1. The topological polar surface area (TPSA) is 84.0 Å². The van der Waals surface area contributed by atoms with E-state index in [4.69, 9.17) is 0 Å². The van der Waals surface area contributed by atoms with Crippen LogP contribution in [0.25, 0.3) is 0 Å². The lowest BCUT2D eigenvalue weighted by Gasteiger charge is -2.09. The van der Waals surface area contributed by atoms with Crippen LogP contribution in [0.5, 0.6) is 0 Å². The van der Waals surface area contributed by atoms with Gasteiger partial charge in [-0.1, -0.05) is 6.07 Å². The normalized spacial score (nSPS) is 10.9. The second-order valence-electron chi connectivity index (χ2n) is 3.43. The Labute approximate surface area is 105 Å². The first-order valence-corrected chi connectivity index (χ1v) is 6.68. The molecule has 2 aromatic heterocycles. The van der Waals surface area contributed by atoms with Gasteiger partial charge in [0.25, 0.3) is 10.0 Å². The van der Waals surface area contributed by atoms with Gasteiger partial charge in [-0.15, -0.1) is 0 Å². The molecule has 0 amide bonds. The second-order valence-corrected chi connectivity index (χ2v) is 5.02. The molecule has 0 aliphatic heterocycles. The van der Waals surface area contributed by atoms with Crippen LogP contribution in [0.2, 0.25) is 0 Å². The number of sulfonamides is 1. The number of hydrogen-bond acceptors (Lipinski definition) is 5. The molecule has 0 aliphatic carbocycles. The van der Waals surface area contributed by atoms with Crippen molar-refractivity contribution < 1.29 is 8.42 Å². The number of pyridine rings is 2. The highest BCUT2D eigenvalue weighted by Gasteiger charge is 2.19. The third-order valence-electron chi connectivity index (χ3n) is 2.20. The Balaban J connectivity index is 2.37. The molecular formula is C11H12N4O2S. The number of nitrogens with zero attached hydrogens (tertiary/aromatic N) is 2. The number of hydrogen-bond donors (Lipinski definition) is 2. The molecule has 2 rings (SSSR count). The third kappa shape index (κ3) is 2.57. The van der Waals surface area contributed by atoms with Crippen molar-refractivity contribution in [2.45, 2.75) is 5.03 Å². The molecule has 2 N–H and O–H groups in total. The molecule has 2 aromatic rings. The zero-order valence-corrected chi connectivity index (χ0v) is 10.5. The third-order valence-corrected chi connectivity index (χ3v) is 3.51. The van der Waals surface area contributed by atoms with Gasteiger partial charge in [-0.25, -0.2) is 9.97 Å². The van der Waals surface area contributed by atoms with Crippen LogP contribution in [0.4, 0.5) is 11.5 Å². The number of rotatable bonds is 4. The lowest BCUT2D eigenvalue weighted by molar-refractivity contribution is 0.598. The van der Waals surface area contributed by atoms with Gasteiger partial charge in [0.05, 0.1) is 5.69 Å². The van der Waals surface area contributed by atoms with E-state index in [-0.39, 0.29) is 10.8 Å². The minimum absolute atomic E-state index is 0.0573. The Morgan fingerprint density at radius 2 is 1.83 bits per heavy atom. The summed E-state index contributed by atoms with van der Waals surface area (Å²) in [4.78, 5) is 7.78. The fourth-order valence-electron chi connectivity index (χ4n) is 1.40. The van der Waals surface area contributed by atoms with Crippen molar-refractivity contribution in [3.05, 3.63) is 42.7 Å². The molecular weight excluding hydrogens is 252 g/mol. The average Bonchev–Trinajstić information content (AvgIpc) is 2.39. The van der Waals surface area contributed by atoms with Crippen LogP contribution in [0.15, 0.2) is 47.8 Å². The first-order valence-electron chi connectivity index (χ1n) is 5.20. The van der Waals surface area contributed by atoms with E-state index in [9.17, 15) is 8.42 Å². The molecule has 18 heavy (non-hydrogen) atoms. The van der Waals surface area contributed by atoms with Crippen molar-refractivity contribution >= 4 is 21.5 Å². The number of nitrogens with one attached hydrogen (secondary N) is 2. The Kier molecular flexibility index (Phi) is 3.42. The molecule has 0 radical (unpaired) electrons. The molecule has 0 fully saturated rings. The Hall–Kier alpha value is -2.15. The van der Waals surface area contributed by atoms with Crippen LogP contribution >= 0.6 is 0 Å². The predicted molar refractivity (Wildman–Crippen MR) is 68.8 cm³/mol. The first-order chi connectivity index (χ1) is 8.63. The lowest BCUT2D eigenvalue weighted by atomic mass is 10.4. The summed E-state index contributed by atoms with van der Waals surface area (Å²) in [5, 5.41) is 2.73. The van der Waals surface area contributed by atoms with Crippen molar-refractivity contribution in [1.82, 2.24) is 9.97 Å². The summed E-state index contributed by atoms with van der Waals surface area (Å²) in [6, 6.07) is 8.27. The minimum Gasteiger partial charge on any atom is -0.386 e. The van der Waals surface area contributed by atoms with E-state index in [2.05, 4.69) is 20.0 Å². The fraction of sp³-hybridized carbons (Fsp3) is 0.0909. The summed E-state index contributed by atoms with van der Waals surface area (Å²) >= 11 is 0. The molecule has 0 saturated carbocycles. The lowest BCUT2D eigenvalue weighted by Crippen LogP contribution is -2.16. The van der Waals surface area contributed by atoms with Crippen molar-refractivity contribution in [2.75, 3.05) is 17.1 Å². The van der Waals surface area contributed by atoms with Crippen LogP contribution in [0, 0.1) is 0 Å². The van der Waals surface area contributed by atoms with E-state index in [0.717, 1.165) is 0 Å². The molecule has 6 nitrogen and oxygen atoms in total. The van der Waals surface area contributed by atoms with Gasteiger partial charge in [0.2, 0.25) is 0 Å². The van der Waals surface area contributed by atoms with E-state index in [1.807, 2.05) is 0 Å². The highest BCUT2D eigenvalue weighted by atomic mass is 32.2. The average molecular weight is 264 g/mol. The van der Waals surface area contributed by atoms with E-state index in [1.165, 1.54) is 12.4 Å². The molecule has 0 atom stereocenters. The molecule has 7 heteroatoms. The zero-order valence-electron chi connectivity index (χ0n) is 9.66. The van der Waals surface area contributed by atoms with Crippen molar-refractivity contribution in [2.24, 2.45) is 0 Å². The summed E-state index contributed by atoms with van der Waals surface area (Å²) in [6.07, 6.45) is 2.93. The maximum Gasteiger partial charge on any atom is 0.282 e. The number of aromatic nitrogens is 2. The maximum absolute atomic E-state index is 12.1. The van der Waals surface area contributed by atoms with E-state index in [0.29, 0.717) is 5.69 Å². The van der Waals surface area contributed by atoms with Gasteiger partial charge in [0.1, 0.15) is 5.82 Å². The van der Waals surface area contributed by atoms with E-state index in [1.54, 1.807) is 37.4 Å². The summed E-state index contributed by atoms with van der Waals surface area (Å²) in [5.74, 6) is 0.255. The van der Waals surface area contributed by atoms with Crippen LogP contribution in [-0.2, 0) is 10.0 Å². The minimum atomic E-state index is -3.74. The largest absolute Gasteiger partial charge is 0.386 e. The predicted octanol–water partition coefficient (Wildman–Crippen LogP) is 1.32. The molecule has 94 valence electrons. The smallest absolute Gasteiger partial charge is 0.282 e. The number of anilines is 2. The molecule has 0 aliphatic rings. The van der Waals surface area contributed by atoms with Crippen molar-refractivity contribution in [3.8, 4) is 0 Å². The molecule has 0 spiro atoms. The monoisotopic (exact) mass is 264 g/mol. The summed E-state index contributed by atoms with van der Waals surface area (Å²) in [7, 11) is -2.11. The van der Waals surface area contributed by atoms with Crippen molar-refractivity contribution in [3.63, 3.8) is 0 Å². The molecule has 0 unspecified atom stereocenters. The van der Waals surface area contributed by atoms with Gasteiger partial charge < -0.3 is 5.32 Å². The van der Waals surface area contributed by atoms with Gasteiger partial charge in [0, 0.05) is 19.4 Å². The van der Waals surface area contributed by atoms with Gasteiger partial charge in [-0.2, -0.15) is 8.42 Å². The molecule has 0 saturated heterocycles. The fourth-order valence-corrected chi connectivity index (χ4v) is 2.56. The Morgan fingerprint density at radius 3 is 2.50 bits per heavy atom. The van der Waals surface area contributed by atoms with Crippen molar-refractivity contribution in [1.29, 1.82) is 0 Å². The zero-order chi connectivity index (χ0) is 13.0. The highest BCUT2D eigenvalue weighted by Crippen LogP contribution is 2.19. The summed E-state index contributed by atoms with van der Waals surface area (Å²) in [6.45, 7) is 0. The van der Waals surface area contributed by atoms with Crippen LogP contribution in [-0.4, -0.2) is 25.4 Å². The molecule has 2 heterocycles. The quantitative estimate of drug-likeness (QED) is 0.870. The van der Waals surface area contributed by atoms with Crippen LogP contribution in [0.3, 0.4) is 0 Å². The Morgan fingerprint density at radius 1 is 1.06 bits per heavy atom. The van der Waals surface area contributed by atoms with Gasteiger partial charge >= 0.3 is 0 Å². The molecule has 0 bridgehead atoms. The molecule has 0 aromatic carbocycles. The van der Waals surface area contributed by atoms with Gasteiger partial charge in [0.15, 0.2) is 5.03 Å². The van der Waals surface area contributed by atoms with Gasteiger partial charge in [-0.3, -0.25) is 4.72 Å². The summed E-state index contributed by atoms with van der Waals surface area (Å²) in [5.41, 5.74) is 0.431. The van der Waals surface area contributed by atoms with E-state index < -0.39 is 10.0 Å². The van der Waals surface area contributed by atoms with Crippen LogP contribution < -0.4 is 10.0 Å². The van der Waals surface area contributed by atoms with Crippen LogP contribution in [0.1, 0.15) is 0 Å². The highest BCUT2D eigenvalue weighted by molar-refractivity contribution is 7.92. The standard InChI is InChI=1S/C11H12N4O2S/c1-12-9-5-4-8-14-11(9)18(16,17)15-10-6-2-3-7-13-10/h2-8,12H,1H3,(H,13,15). The van der Waals surface area contributed by atoms with Gasteiger partial charge in [-0.05, 0) is 24.3 Å². The SMILES string of the molecule is CNc1cccnc1S(=O)(=O)Nc1ccccn1. The second kappa shape index (κ2) is 5.01. The van der Waals surface area contributed by atoms with E-state index >= 15 is 0 Å². The Bertz CT molecular complexity index is 629.